The SMILES string of the molecule is C=C(NO)c1ccc(Cc2cc(N(C)c3nc(C)nc4ccccc34)ccc2CC)nc1. The summed E-state index contributed by atoms with van der Waals surface area (Å²) in [5, 5.41) is 10.1. The molecule has 0 aliphatic heterocycles. The van der Waals surface area contributed by atoms with E-state index in [1.165, 1.54) is 11.1 Å². The van der Waals surface area contributed by atoms with Crippen LogP contribution in [-0.2, 0) is 12.8 Å². The second-order valence-corrected chi connectivity index (χ2v) is 7.78. The third-order valence-electron chi connectivity index (χ3n) is 5.65. The second kappa shape index (κ2) is 9.16. The first kappa shape index (κ1) is 21.5. The fourth-order valence-electron chi connectivity index (χ4n) is 3.85. The average molecular weight is 426 g/mol. The predicted octanol–water partition coefficient (Wildman–Crippen LogP) is 5.20. The van der Waals surface area contributed by atoms with Gasteiger partial charge in [-0.25, -0.2) is 9.97 Å². The van der Waals surface area contributed by atoms with E-state index < -0.39 is 0 Å². The first-order valence-corrected chi connectivity index (χ1v) is 10.6. The van der Waals surface area contributed by atoms with Gasteiger partial charge in [0.05, 0.1) is 11.2 Å². The van der Waals surface area contributed by atoms with Crippen molar-refractivity contribution in [3.63, 3.8) is 0 Å². The molecule has 0 fully saturated rings. The van der Waals surface area contributed by atoms with Gasteiger partial charge < -0.3 is 4.90 Å². The smallest absolute Gasteiger partial charge is 0.144 e. The molecule has 0 radical (unpaired) electrons. The summed E-state index contributed by atoms with van der Waals surface area (Å²) in [6.07, 6.45) is 3.38. The maximum absolute atomic E-state index is 9.03. The van der Waals surface area contributed by atoms with Crippen LogP contribution in [0.25, 0.3) is 16.6 Å². The number of aromatic nitrogens is 3. The summed E-state index contributed by atoms with van der Waals surface area (Å²) in [5.41, 5.74) is 8.73. The second-order valence-electron chi connectivity index (χ2n) is 7.78. The Morgan fingerprint density at radius 1 is 1.06 bits per heavy atom. The lowest BCUT2D eigenvalue weighted by molar-refractivity contribution is 0.225. The van der Waals surface area contributed by atoms with Crippen LogP contribution in [0.1, 0.15) is 35.1 Å². The summed E-state index contributed by atoms with van der Waals surface area (Å²) in [4.78, 5) is 16.0. The van der Waals surface area contributed by atoms with Gasteiger partial charge in [0.25, 0.3) is 0 Å². The van der Waals surface area contributed by atoms with E-state index in [0.29, 0.717) is 12.1 Å². The lowest BCUT2D eigenvalue weighted by Crippen LogP contribution is -2.14. The minimum Gasteiger partial charge on any atom is -0.329 e. The van der Waals surface area contributed by atoms with E-state index in [1.807, 2.05) is 44.3 Å². The van der Waals surface area contributed by atoms with Crippen LogP contribution in [-0.4, -0.2) is 27.2 Å². The van der Waals surface area contributed by atoms with E-state index in [9.17, 15) is 0 Å². The highest BCUT2D eigenvalue weighted by molar-refractivity contribution is 5.91. The van der Waals surface area contributed by atoms with Crippen molar-refractivity contribution in [2.45, 2.75) is 26.7 Å². The molecule has 2 aromatic carbocycles. The zero-order chi connectivity index (χ0) is 22.7. The maximum Gasteiger partial charge on any atom is 0.144 e. The number of pyridine rings is 1. The van der Waals surface area contributed by atoms with Gasteiger partial charge in [0.15, 0.2) is 0 Å². The van der Waals surface area contributed by atoms with Crippen molar-refractivity contribution in [3.05, 3.63) is 95.6 Å². The Morgan fingerprint density at radius 3 is 2.59 bits per heavy atom. The molecule has 4 rings (SSSR count). The lowest BCUT2D eigenvalue weighted by atomic mass is 9.99. The van der Waals surface area contributed by atoms with E-state index >= 15 is 0 Å². The van der Waals surface area contributed by atoms with Gasteiger partial charge in [-0.15, -0.1) is 0 Å². The van der Waals surface area contributed by atoms with Gasteiger partial charge in [-0.05, 0) is 60.9 Å². The quantitative estimate of drug-likeness (QED) is 0.396. The van der Waals surface area contributed by atoms with Crippen molar-refractivity contribution in [3.8, 4) is 0 Å². The van der Waals surface area contributed by atoms with E-state index in [2.05, 4.69) is 58.1 Å². The molecule has 2 heterocycles. The van der Waals surface area contributed by atoms with Crippen LogP contribution in [0, 0.1) is 6.92 Å². The third-order valence-corrected chi connectivity index (χ3v) is 5.65. The van der Waals surface area contributed by atoms with Crippen molar-refractivity contribution >= 4 is 28.1 Å². The number of rotatable bonds is 7. The molecule has 2 N–H and O–H groups in total. The standard InChI is InChI=1S/C26H27N5O/c1-5-19-11-13-23(15-21(19)14-22-12-10-20(16-27-22)17(2)30-32)31(4)26-24-8-6-7-9-25(24)28-18(3)29-26/h6-13,15-16,30,32H,2,5,14H2,1,3-4H3. The van der Waals surface area contributed by atoms with E-state index in [0.717, 1.165) is 45.9 Å². The highest BCUT2D eigenvalue weighted by Gasteiger charge is 2.14. The van der Waals surface area contributed by atoms with Crippen LogP contribution in [0.2, 0.25) is 0 Å². The molecule has 0 unspecified atom stereocenters. The highest BCUT2D eigenvalue weighted by Crippen LogP contribution is 2.30. The molecule has 0 bridgehead atoms. The molecule has 4 aromatic rings. The normalized spacial score (nSPS) is 10.9. The number of nitrogens with zero attached hydrogens (tertiary/aromatic N) is 4. The van der Waals surface area contributed by atoms with E-state index in [1.54, 1.807) is 6.20 Å². The van der Waals surface area contributed by atoms with Crippen LogP contribution < -0.4 is 10.4 Å². The van der Waals surface area contributed by atoms with Crippen LogP contribution >= 0.6 is 0 Å². The van der Waals surface area contributed by atoms with Crippen molar-refractivity contribution < 1.29 is 5.21 Å². The summed E-state index contributed by atoms with van der Waals surface area (Å²) in [7, 11) is 2.04. The average Bonchev–Trinajstić information content (AvgIpc) is 2.83. The van der Waals surface area contributed by atoms with Crippen LogP contribution in [0.5, 0.6) is 0 Å². The molecule has 2 aromatic heterocycles. The summed E-state index contributed by atoms with van der Waals surface area (Å²) in [6, 6.07) is 18.5. The number of hydrogen-bond acceptors (Lipinski definition) is 6. The summed E-state index contributed by atoms with van der Waals surface area (Å²) >= 11 is 0. The molecular weight excluding hydrogens is 398 g/mol. The number of anilines is 2. The molecule has 0 aliphatic rings. The minimum atomic E-state index is 0.425. The van der Waals surface area contributed by atoms with Gasteiger partial charge in [-0.2, -0.15) is 0 Å². The molecule has 6 heteroatoms. The van der Waals surface area contributed by atoms with Crippen molar-refractivity contribution in [2.24, 2.45) is 0 Å². The summed E-state index contributed by atoms with van der Waals surface area (Å²) in [5.74, 6) is 1.64. The van der Waals surface area contributed by atoms with Gasteiger partial charge >= 0.3 is 0 Å². The summed E-state index contributed by atoms with van der Waals surface area (Å²) < 4.78 is 0. The zero-order valence-electron chi connectivity index (χ0n) is 18.6. The Labute approximate surface area is 188 Å². The molecule has 0 amide bonds. The van der Waals surface area contributed by atoms with Crippen molar-refractivity contribution in [1.82, 2.24) is 20.4 Å². The Bertz CT molecular complexity index is 1270. The highest BCUT2D eigenvalue weighted by atomic mass is 16.5. The fraction of sp³-hybridized carbons (Fsp3) is 0.192. The molecule has 0 aliphatic carbocycles. The first-order valence-electron chi connectivity index (χ1n) is 10.6. The van der Waals surface area contributed by atoms with E-state index in [-0.39, 0.29) is 0 Å². The Morgan fingerprint density at radius 2 is 1.88 bits per heavy atom. The molecular formula is C26H27N5O. The first-order chi connectivity index (χ1) is 15.5. The van der Waals surface area contributed by atoms with Gasteiger partial charge in [0, 0.05) is 42.0 Å². The zero-order valence-corrected chi connectivity index (χ0v) is 18.6. The molecule has 6 nitrogen and oxygen atoms in total. The van der Waals surface area contributed by atoms with Crippen LogP contribution in [0.15, 0.2) is 67.4 Å². The number of benzene rings is 2. The number of hydroxylamine groups is 1. The lowest BCUT2D eigenvalue weighted by Gasteiger charge is -2.22. The Hall–Kier alpha value is -3.77. The van der Waals surface area contributed by atoms with Gasteiger partial charge in [0.2, 0.25) is 0 Å². The van der Waals surface area contributed by atoms with Gasteiger partial charge in [0.1, 0.15) is 11.6 Å². The molecule has 0 saturated carbocycles. The molecule has 162 valence electrons. The third kappa shape index (κ3) is 4.31. The molecule has 0 atom stereocenters. The van der Waals surface area contributed by atoms with Crippen molar-refractivity contribution in [2.75, 3.05) is 11.9 Å². The Balaban J connectivity index is 1.69. The van der Waals surface area contributed by atoms with Crippen LogP contribution in [0.3, 0.4) is 0 Å². The van der Waals surface area contributed by atoms with Crippen LogP contribution in [0.4, 0.5) is 11.5 Å². The number of fused-ring (bicyclic) bond motifs is 1. The topological polar surface area (TPSA) is 74.2 Å². The molecule has 32 heavy (non-hydrogen) atoms. The van der Waals surface area contributed by atoms with Gasteiger partial charge in [-0.3, -0.25) is 15.7 Å². The minimum absolute atomic E-state index is 0.425. The van der Waals surface area contributed by atoms with Crippen molar-refractivity contribution in [1.29, 1.82) is 0 Å². The number of aryl methyl sites for hydroxylation is 2. The summed E-state index contributed by atoms with van der Waals surface area (Å²) in [6.45, 7) is 7.84. The van der Waals surface area contributed by atoms with E-state index in [4.69, 9.17) is 10.2 Å². The predicted molar refractivity (Wildman–Crippen MR) is 129 cm³/mol. The Kier molecular flexibility index (Phi) is 6.14. The number of hydrogen-bond donors (Lipinski definition) is 2. The van der Waals surface area contributed by atoms with Gasteiger partial charge in [-0.1, -0.05) is 31.7 Å². The molecule has 0 spiro atoms. The largest absolute Gasteiger partial charge is 0.329 e. The maximum atomic E-state index is 9.03. The fourth-order valence-corrected chi connectivity index (χ4v) is 3.85. The molecule has 0 saturated heterocycles. The monoisotopic (exact) mass is 425 g/mol. The number of para-hydroxylation sites is 1. The number of nitrogens with one attached hydrogen (secondary N) is 1.